The van der Waals surface area contributed by atoms with Gasteiger partial charge in [0.1, 0.15) is 5.75 Å². The molecule has 5 nitrogen and oxygen atoms in total. The van der Waals surface area contributed by atoms with E-state index in [4.69, 9.17) is 10.00 Å². The first-order valence-corrected chi connectivity index (χ1v) is 8.71. The van der Waals surface area contributed by atoms with E-state index in [0.717, 1.165) is 30.5 Å². The Morgan fingerprint density at radius 1 is 1.35 bits per heavy atom. The first kappa shape index (κ1) is 17.8. The van der Waals surface area contributed by atoms with Crippen molar-refractivity contribution in [1.29, 1.82) is 5.26 Å². The van der Waals surface area contributed by atoms with Crippen molar-refractivity contribution in [2.45, 2.75) is 19.8 Å². The fourth-order valence-electron chi connectivity index (χ4n) is 2.54. The molecule has 1 aliphatic heterocycles. The lowest BCUT2D eigenvalue weighted by Crippen LogP contribution is -2.50. The summed E-state index contributed by atoms with van der Waals surface area (Å²) in [6.45, 7) is 5.98. The minimum absolute atomic E-state index is 0.0106. The predicted octanol–water partition coefficient (Wildman–Crippen LogP) is 2.45. The van der Waals surface area contributed by atoms with Gasteiger partial charge in [-0.25, -0.2) is 0 Å². The van der Waals surface area contributed by atoms with Gasteiger partial charge in [0.05, 0.1) is 10.5 Å². The van der Waals surface area contributed by atoms with Crippen LogP contribution in [0.4, 0.5) is 0 Å². The van der Waals surface area contributed by atoms with Gasteiger partial charge in [-0.1, -0.05) is 13.0 Å². The third-order valence-corrected chi connectivity index (χ3v) is 4.64. The van der Waals surface area contributed by atoms with Crippen molar-refractivity contribution >= 4 is 21.8 Å². The van der Waals surface area contributed by atoms with Crippen LogP contribution in [0.1, 0.15) is 18.9 Å². The number of halogens is 1. The lowest BCUT2D eigenvalue weighted by Gasteiger charge is -2.34. The predicted molar refractivity (Wildman–Crippen MR) is 92.3 cm³/mol. The monoisotopic (exact) mass is 379 g/mol. The molecule has 0 radical (unpaired) electrons. The van der Waals surface area contributed by atoms with Gasteiger partial charge < -0.3 is 9.64 Å². The zero-order chi connectivity index (χ0) is 16.7. The Hall–Kier alpha value is -1.58. The topological polar surface area (TPSA) is 56.6 Å². The van der Waals surface area contributed by atoms with Gasteiger partial charge in [-0.3, -0.25) is 9.69 Å². The summed E-state index contributed by atoms with van der Waals surface area (Å²) < 4.78 is 6.53. The smallest absolute Gasteiger partial charge is 0.260 e. The number of carbonyl (C=O) groups is 1. The van der Waals surface area contributed by atoms with Gasteiger partial charge in [0.15, 0.2) is 6.61 Å². The number of hydrogen-bond donors (Lipinski definition) is 0. The van der Waals surface area contributed by atoms with E-state index in [0.29, 0.717) is 25.3 Å². The van der Waals surface area contributed by atoms with Gasteiger partial charge in [0, 0.05) is 39.1 Å². The van der Waals surface area contributed by atoms with Crippen molar-refractivity contribution in [2.75, 3.05) is 39.3 Å². The van der Waals surface area contributed by atoms with Crippen LogP contribution in [0.3, 0.4) is 0 Å². The Morgan fingerprint density at radius 3 is 2.70 bits per heavy atom. The van der Waals surface area contributed by atoms with Gasteiger partial charge in [-0.2, -0.15) is 5.26 Å². The maximum atomic E-state index is 12.2. The maximum absolute atomic E-state index is 12.2. The van der Waals surface area contributed by atoms with Crippen molar-refractivity contribution in [3.63, 3.8) is 0 Å². The van der Waals surface area contributed by atoms with Crippen molar-refractivity contribution in [1.82, 2.24) is 9.80 Å². The minimum Gasteiger partial charge on any atom is -0.483 e. The number of piperazine rings is 1. The van der Waals surface area contributed by atoms with Crippen molar-refractivity contribution in [2.24, 2.45) is 0 Å². The van der Waals surface area contributed by atoms with Crippen LogP contribution in [-0.2, 0) is 11.2 Å². The zero-order valence-electron chi connectivity index (χ0n) is 13.4. The van der Waals surface area contributed by atoms with Gasteiger partial charge >= 0.3 is 0 Å². The van der Waals surface area contributed by atoms with E-state index in [1.807, 2.05) is 23.1 Å². The summed E-state index contributed by atoms with van der Waals surface area (Å²) in [6.07, 6.45) is 1.51. The van der Waals surface area contributed by atoms with E-state index in [-0.39, 0.29) is 12.5 Å². The van der Waals surface area contributed by atoms with E-state index in [1.165, 1.54) is 5.56 Å². The van der Waals surface area contributed by atoms with Gasteiger partial charge in [-0.05, 0) is 40.0 Å². The summed E-state index contributed by atoms with van der Waals surface area (Å²) in [5, 5.41) is 8.61. The van der Waals surface area contributed by atoms with Crippen LogP contribution in [0.5, 0.6) is 5.75 Å². The maximum Gasteiger partial charge on any atom is 0.260 e. The number of ether oxygens (including phenoxy) is 1. The number of hydrogen-bond acceptors (Lipinski definition) is 4. The fourth-order valence-corrected chi connectivity index (χ4v) is 3.08. The molecule has 1 aliphatic rings. The van der Waals surface area contributed by atoms with Crippen LogP contribution in [-0.4, -0.2) is 55.0 Å². The van der Waals surface area contributed by atoms with Crippen LogP contribution in [0.2, 0.25) is 0 Å². The Balaban J connectivity index is 1.78. The van der Waals surface area contributed by atoms with Crippen molar-refractivity contribution < 1.29 is 9.53 Å². The lowest BCUT2D eigenvalue weighted by molar-refractivity contribution is -0.135. The molecule has 0 aliphatic carbocycles. The number of rotatable bonds is 6. The van der Waals surface area contributed by atoms with Crippen LogP contribution < -0.4 is 4.74 Å². The molecular formula is C17H22BrN3O2. The quantitative estimate of drug-likeness (QED) is 0.761. The molecule has 1 heterocycles. The Labute approximate surface area is 145 Å². The molecule has 1 amide bonds. The molecule has 0 aromatic heterocycles. The fraction of sp³-hybridized carbons (Fsp3) is 0.529. The summed E-state index contributed by atoms with van der Waals surface area (Å²) >= 11 is 3.48. The van der Waals surface area contributed by atoms with Gasteiger partial charge in [0.2, 0.25) is 0 Å². The first-order chi connectivity index (χ1) is 11.1. The molecule has 124 valence electrons. The second-order valence-corrected chi connectivity index (χ2v) is 6.39. The summed E-state index contributed by atoms with van der Waals surface area (Å²) in [5.41, 5.74) is 1.23. The molecule has 1 aromatic carbocycles. The highest BCUT2D eigenvalue weighted by atomic mass is 79.9. The third kappa shape index (κ3) is 5.22. The number of carbonyl (C=O) groups excluding carboxylic acids is 1. The Bertz CT molecular complexity index is 578. The van der Waals surface area contributed by atoms with Crippen molar-refractivity contribution in [3.05, 3.63) is 28.2 Å². The largest absolute Gasteiger partial charge is 0.483 e. The molecule has 6 heteroatoms. The summed E-state index contributed by atoms with van der Waals surface area (Å²) in [7, 11) is 0. The number of amides is 1. The second-order valence-electron chi connectivity index (χ2n) is 5.54. The first-order valence-electron chi connectivity index (χ1n) is 7.92. The Kier molecular flexibility index (Phi) is 6.87. The second kappa shape index (κ2) is 8.90. The molecule has 0 unspecified atom stereocenters. The van der Waals surface area contributed by atoms with E-state index in [9.17, 15) is 4.79 Å². The average Bonchev–Trinajstić information content (AvgIpc) is 2.59. The molecule has 1 aromatic rings. The molecule has 2 rings (SSSR count). The van der Waals surface area contributed by atoms with E-state index < -0.39 is 0 Å². The van der Waals surface area contributed by atoms with Crippen LogP contribution in [0, 0.1) is 11.3 Å². The molecule has 0 atom stereocenters. The van der Waals surface area contributed by atoms with E-state index in [2.05, 4.69) is 33.8 Å². The van der Waals surface area contributed by atoms with E-state index >= 15 is 0 Å². The highest BCUT2D eigenvalue weighted by Gasteiger charge is 2.21. The standard InChI is InChI=1S/C17H22BrN3O2/c1-2-14-4-5-16(15(18)12-14)23-13-17(22)21-10-8-20(9-11-21)7-3-6-19/h4-5,12H,2-3,7-11,13H2,1H3. The van der Waals surface area contributed by atoms with Crippen LogP contribution in [0.15, 0.2) is 22.7 Å². The molecule has 0 spiro atoms. The Morgan fingerprint density at radius 2 is 2.09 bits per heavy atom. The molecule has 0 bridgehead atoms. The molecule has 0 saturated carbocycles. The number of benzene rings is 1. The molecule has 1 saturated heterocycles. The minimum atomic E-state index is 0.0106. The number of nitrogens with zero attached hydrogens (tertiary/aromatic N) is 3. The summed E-state index contributed by atoms with van der Waals surface area (Å²) in [6, 6.07) is 8.09. The number of aryl methyl sites for hydroxylation is 1. The van der Waals surface area contributed by atoms with Gasteiger partial charge in [-0.15, -0.1) is 0 Å². The highest BCUT2D eigenvalue weighted by molar-refractivity contribution is 9.10. The highest BCUT2D eigenvalue weighted by Crippen LogP contribution is 2.26. The van der Waals surface area contributed by atoms with Crippen LogP contribution in [0.25, 0.3) is 0 Å². The van der Waals surface area contributed by atoms with Crippen molar-refractivity contribution in [3.8, 4) is 11.8 Å². The molecular weight excluding hydrogens is 358 g/mol. The normalized spacial score (nSPS) is 15.3. The summed E-state index contributed by atoms with van der Waals surface area (Å²) in [4.78, 5) is 16.3. The number of nitriles is 1. The molecule has 1 fully saturated rings. The molecule has 0 N–H and O–H groups in total. The van der Waals surface area contributed by atoms with Crippen LogP contribution >= 0.6 is 15.9 Å². The zero-order valence-corrected chi connectivity index (χ0v) is 15.0. The summed E-state index contributed by atoms with van der Waals surface area (Å²) in [5.74, 6) is 0.708. The van der Waals surface area contributed by atoms with Gasteiger partial charge in [0.25, 0.3) is 5.91 Å². The van der Waals surface area contributed by atoms with E-state index in [1.54, 1.807) is 0 Å². The SMILES string of the molecule is CCc1ccc(OCC(=O)N2CCN(CCC#N)CC2)c(Br)c1. The third-order valence-electron chi connectivity index (χ3n) is 4.02. The average molecular weight is 380 g/mol. The lowest BCUT2D eigenvalue weighted by atomic mass is 10.2. The molecule has 23 heavy (non-hydrogen) atoms.